The fraction of sp³-hybridized carbons (Fsp3) is 0.867. The summed E-state index contributed by atoms with van der Waals surface area (Å²) in [6, 6.07) is -0.0209. The number of carbonyl (C=O) groups excluding carboxylic acids is 1. The third-order valence-electron chi connectivity index (χ3n) is 4.81. The molecule has 5 nitrogen and oxygen atoms in total. The number of hydrogen-bond donors (Lipinski definition) is 2. The Morgan fingerprint density at radius 3 is 2.25 bits per heavy atom. The fourth-order valence-electron chi connectivity index (χ4n) is 3.21. The van der Waals surface area contributed by atoms with Crippen LogP contribution in [0.4, 0.5) is 4.79 Å². The van der Waals surface area contributed by atoms with Crippen LogP contribution < -0.4 is 5.32 Å². The number of likely N-dealkylation sites (tertiary alicyclic amines) is 1. The first-order chi connectivity index (χ1) is 9.56. The molecule has 114 valence electrons. The van der Waals surface area contributed by atoms with Crippen LogP contribution in [0, 0.1) is 17.8 Å². The summed E-state index contributed by atoms with van der Waals surface area (Å²) >= 11 is 0. The first-order valence-electron chi connectivity index (χ1n) is 7.82. The number of aliphatic carboxylic acids is 1. The lowest BCUT2D eigenvalue weighted by atomic mass is 9.83. The van der Waals surface area contributed by atoms with E-state index >= 15 is 0 Å². The Morgan fingerprint density at radius 1 is 1.10 bits per heavy atom. The van der Waals surface area contributed by atoms with Gasteiger partial charge in [0.05, 0.1) is 5.92 Å². The highest BCUT2D eigenvalue weighted by atomic mass is 16.4. The Kier molecular flexibility index (Phi) is 5.26. The zero-order valence-electron chi connectivity index (χ0n) is 12.3. The standard InChI is InChI=1S/C15H26N2O3/c1-11-2-4-12(5-3-11)10-16-15(20)17-8-6-13(7-9-17)14(18)19/h11-13H,2-10H2,1H3,(H,16,20)(H,18,19). The molecule has 1 aliphatic heterocycles. The summed E-state index contributed by atoms with van der Waals surface area (Å²) < 4.78 is 0. The van der Waals surface area contributed by atoms with Gasteiger partial charge in [-0.25, -0.2) is 4.79 Å². The molecule has 1 saturated carbocycles. The molecule has 0 unspecified atom stereocenters. The van der Waals surface area contributed by atoms with Crippen molar-refractivity contribution >= 4 is 12.0 Å². The van der Waals surface area contributed by atoms with Gasteiger partial charge in [0.2, 0.25) is 0 Å². The fourth-order valence-corrected chi connectivity index (χ4v) is 3.21. The molecule has 0 aromatic carbocycles. The van der Waals surface area contributed by atoms with Gasteiger partial charge in [0.25, 0.3) is 0 Å². The second kappa shape index (κ2) is 6.95. The summed E-state index contributed by atoms with van der Waals surface area (Å²) in [4.78, 5) is 24.7. The largest absolute Gasteiger partial charge is 0.481 e. The molecule has 0 atom stereocenters. The summed E-state index contributed by atoms with van der Waals surface area (Å²) in [6.07, 6.45) is 6.10. The van der Waals surface area contributed by atoms with E-state index in [1.165, 1.54) is 25.7 Å². The Morgan fingerprint density at radius 2 is 1.70 bits per heavy atom. The molecule has 0 aromatic heterocycles. The molecule has 1 heterocycles. The number of hydrogen-bond acceptors (Lipinski definition) is 2. The zero-order chi connectivity index (χ0) is 14.5. The average molecular weight is 282 g/mol. The van der Waals surface area contributed by atoms with Crippen molar-refractivity contribution < 1.29 is 14.7 Å². The lowest BCUT2D eigenvalue weighted by Gasteiger charge is -2.31. The molecule has 0 spiro atoms. The molecule has 2 N–H and O–H groups in total. The molecule has 0 bridgehead atoms. The predicted molar refractivity (Wildman–Crippen MR) is 76.5 cm³/mol. The molecule has 2 fully saturated rings. The molecule has 20 heavy (non-hydrogen) atoms. The number of piperidine rings is 1. The maximum atomic E-state index is 12.0. The quantitative estimate of drug-likeness (QED) is 0.834. The predicted octanol–water partition coefficient (Wildman–Crippen LogP) is 2.32. The van der Waals surface area contributed by atoms with E-state index in [0.29, 0.717) is 31.8 Å². The summed E-state index contributed by atoms with van der Waals surface area (Å²) in [5, 5.41) is 12.0. The number of urea groups is 1. The molecule has 1 aliphatic carbocycles. The number of nitrogens with one attached hydrogen (secondary N) is 1. The van der Waals surface area contributed by atoms with Crippen LogP contribution in [-0.4, -0.2) is 41.6 Å². The maximum absolute atomic E-state index is 12.0. The van der Waals surface area contributed by atoms with E-state index in [1.807, 2.05) is 0 Å². The van der Waals surface area contributed by atoms with Crippen LogP contribution in [0.5, 0.6) is 0 Å². The number of rotatable bonds is 3. The molecule has 2 aliphatic rings. The van der Waals surface area contributed by atoms with Gasteiger partial charge in [-0.3, -0.25) is 4.79 Å². The van der Waals surface area contributed by atoms with Crippen LogP contribution in [0.1, 0.15) is 45.4 Å². The molecular formula is C15H26N2O3. The normalized spacial score (nSPS) is 28.1. The molecule has 1 saturated heterocycles. The van der Waals surface area contributed by atoms with E-state index in [1.54, 1.807) is 4.90 Å². The Hall–Kier alpha value is -1.26. The van der Waals surface area contributed by atoms with Crippen molar-refractivity contribution in [2.45, 2.75) is 45.4 Å². The van der Waals surface area contributed by atoms with E-state index in [4.69, 9.17) is 5.11 Å². The Balaban J connectivity index is 1.67. The second-order valence-corrected chi connectivity index (χ2v) is 6.41. The molecular weight excluding hydrogens is 256 g/mol. The minimum Gasteiger partial charge on any atom is -0.481 e. The van der Waals surface area contributed by atoms with Gasteiger partial charge in [-0.1, -0.05) is 19.8 Å². The first kappa shape index (κ1) is 15.1. The van der Waals surface area contributed by atoms with Crippen LogP contribution >= 0.6 is 0 Å². The molecule has 0 aromatic rings. The summed E-state index contributed by atoms with van der Waals surface area (Å²) in [7, 11) is 0. The molecule has 2 rings (SSSR count). The highest BCUT2D eigenvalue weighted by Crippen LogP contribution is 2.27. The monoisotopic (exact) mass is 282 g/mol. The Labute approximate surface area is 120 Å². The van der Waals surface area contributed by atoms with Gasteiger partial charge < -0.3 is 15.3 Å². The number of carbonyl (C=O) groups is 2. The number of carboxylic acids is 1. The molecule has 2 amide bonds. The zero-order valence-corrected chi connectivity index (χ0v) is 12.3. The smallest absolute Gasteiger partial charge is 0.317 e. The average Bonchev–Trinajstić information content (AvgIpc) is 2.46. The van der Waals surface area contributed by atoms with Crippen molar-refractivity contribution in [2.24, 2.45) is 17.8 Å². The number of nitrogens with zero attached hydrogens (tertiary/aromatic N) is 1. The number of carboxylic acid groups (broad SMARTS) is 1. The molecule has 5 heteroatoms. The summed E-state index contributed by atoms with van der Waals surface area (Å²) in [5.41, 5.74) is 0. The van der Waals surface area contributed by atoms with E-state index in [2.05, 4.69) is 12.2 Å². The van der Waals surface area contributed by atoms with Crippen molar-refractivity contribution in [1.29, 1.82) is 0 Å². The van der Waals surface area contributed by atoms with Gasteiger partial charge in [-0.2, -0.15) is 0 Å². The first-order valence-corrected chi connectivity index (χ1v) is 7.82. The van der Waals surface area contributed by atoms with Crippen molar-refractivity contribution in [1.82, 2.24) is 10.2 Å². The lowest BCUT2D eigenvalue weighted by molar-refractivity contribution is -0.143. The lowest BCUT2D eigenvalue weighted by Crippen LogP contribution is -2.46. The van der Waals surface area contributed by atoms with Crippen LogP contribution in [-0.2, 0) is 4.79 Å². The topological polar surface area (TPSA) is 69.6 Å². The van der Waals surface area contributed by atoms with E-state index in [-0.39, 0.29) is 11.9 Å². The van der Waals surface area contributed by atoms with E-state index in [9.17, 15) is 9.59 Å². The Bertz CT molecular complexity index is 343. The highest BCUT2D eigenvalue weighted by Gasteiger charge is 2.27. The minimum atomic E-state index is -0.735. The third-order valence-corrected chi connectivity index (χ3v) is 4.81. The van der Waals surface area contributed by atoms with Gasteiger partial charge >= 0.3 is 12.0 Å². The molecule has 0 radical (unpaired) electrons. The van der Waals surface area contributed by atoms with E-state index in [0.717, 1.165) is 12.5 Å². The van der Waals surface area contributed by atoms with Gasteiger partial charge in [-0.15, -0.1) is 0 Å². The van der Waals surface area contributed by atoms with E-state index < -0.39 is 5.97 Å². The minimum absolute atomic E-state index is 0.0209. The van der Waals surface area contributed by atoms with Crippen molar-refractivity contribution in [3.63, 3.8) is 0 Å². The maximum Gasteiger partial charge on any atom is 0.317 e. The summed E-state index contributed by atoms with van der Waals surface area (Å²) in [5.74, 6) is 0.434. The summed E-state index contributed by atoms with van der Waals surface area (Å²) in [6.45, 7) is 4.18. The van der Waals surface area contributed by atoms with Crippen LogP contribution in [0.2, 0.25) is 0 Å². The van der Waals surface area contributed by atoms with Crippen LogP contribution in [0.25, 0.3) is 0 Å². The van der Waals surface area contributed by atoms with Gasteiger partial charge in [0, 0.05) is 19.6 Å². The SMILES string of the molecule is CC1CCC(CNC(=O)N2CCC(C(=O)O)CC2)CC1. The van der Waals surface area contributed by atoms with Gasteiger partial charge in [0.15, 0.2) is 0 Å². The number of amides is 2. The highest BCUT2D eigenvalue weighted by molar-refractivity contribution is 5.75. The van der Waals surface area contributed by atoms with Gasteiger partial charge in [-0.05, 0) is 37.5 Å². The van der Waals surface area contributed by atoms with Crippen molar-refractivity contribution in [3.05, 3.63) is 0 Å². The van der Waals surface area contributed by atoms with Crippen molar-refractivity contribution in [3.8, 4) is 0 Å². The van der Waals surface area contributed by atoms with Crippen molar-refractivity contribution in [2.75, 3.05) is 19.6 Å². The third kappa shape index (κ3) is 4.12. The van der Waals surface area contributed by atoms with Crippen LogP contribution in [0.15, 0.2) is 0 Å². The second-order valence-electron chi connectivity index (χ2n) is 6.41. The van der Waals surface area contributed by atoms with Crippen LogP contribution in [0.3, 0.4) is 0 Å². The van der Waals surface area contributed by atoms with Gasteiger partial charge in [0.1, 0.15) is 0 Å².